The number of rotatable bonds is 3. The van der Waals surface area contributed by atoms with Crippen LogP contribution in [0.25, 0.3) is 0 Å². The number of hydrogen-bond acceptors (Lipinski definition) is 5. The number of benzene rings is 1. The molecule has 1 saturated carbocycles. The van der Waals surface area contributed by atoms with Crippen LogP contribution in [0, 0.1) is 0 Å². The molecular weight excluding hydrogens is 254 g/mol. The van der Waals surface area contributed by atoms with E-state index in [1.54, 1.807) is 0 Å². The lowest BCUT2D eigenvalue weighted by Gasteiger charge is -2.32. The molecular formula is C15H17N3O2. The Morgan fingerprint density at radius 3 is 2.95 bits per heavy atom. The minimum absolute atomic E-state index is 0.368. The molecule has 0 radical (unpaired) electrons. The summed E-state index contributed by atoms with van der Waals surface area (Å²) < 4.78 is 5.35. The van der Waals surface area contributed by atoms with Crippen LogP contribution in [0.4, 0.5) is 5.69 Å². The highest BCUT2D eigenvalue weighted by Crippen LogP contribution is 2.38. The summed E-state index contributed by atoms with van der Waals surface area (Å²) >= 11 is 0. The van der Waals surface area contributed by atoms with Crippen molar-refractivity contribution >= 4 is 5.69 Å². The molecule has 0 amide bonds. The Hall–Kier alpha value is -1.88. The Morgan fingerprint density at radius 2 is 2.10 bits per heavy atom. The fraction of sp³-hybridized carbons (Fsp3) is 0.467. The first-order chi connectivity index (χ1) is 9.81. The molecule has 1 atom stereocenters. The second kappa shape index (κ2) is 4.59. The van der Waals surface area contributed by atoms with Gasteiger partial charge in [-0.3, -0.25) is 0 Å². The van der Waals surface area contributed by atoms with E-state index in [0.29, 0.717) is 18.4 Å². The molecule has 4 rings (SSSR count). The van der Waals surface area contributed by atoms with Crippen LogP contribution in [-0.4, -0.2) is 21.8 Å². The SMILES string of the molecule is OC1CCN(Cc2nc(C3CC3)no2)c2ccccc21. The normalized spacial score (nSPS) is 21.9. The van der Waals surface area contributed by atoms with Crippen molar-refractivity contribution < 1.29 is 9.63 Å². The molecule has 1 fully saturated rings. The number of fused-ring (bicyclic) bond motifs is 1. The quantitative estimate of drug-likeness (QED) is 0.928. The Kier molecular flexibility index (Phi) is 2.73. The van der Waals surface area contributed by atoms with Gasteiger partial charge in [0.15, 0.2) is 5.82 Å². The number of aromatic nitrogens is 2. The molecule has 5 heteroatoms. The van der Waals surface area contributed by atoms with Crippen LogP contribution in [0.15, 0.2) is 28.8 Å². The van der Waals surface area contributed by atoms with Crippen molar-refractivity contribution in [3.8, 4) is 0 Å². The molecule has 1 aromatic heterocycles. The maximum atomic E-state index is 10.1. The van der Waals surface area contributed by atoms with Gasteiger partial charge in [-0.15, -0.1) is 0 Å². The average molecular weight is 271 g/mol. The summed E-state index contributed by atoms with van der Waals surface area (Å²) in [5.74, 6) is 2.03. The number of aliphatic hydroxyl groups excluding tert-OH is 1. The smallest absolute Gasteiger partial charge is 0.246 e. The molecule has 1 aliphatic carbocycles. The van der Waals surface area contributed by atoms with Crippen molar-refractivity contribution in [2.75, 3.05) is 11.4 Å². The van der Waals surface area contributed by atoms with Gasteiger partial charge in [-0.2, -0.15) is 4.98 Å². The molecule has 2 aliphatic rings. The maximum absolute atomic E-state index is 10.1. The lowest BCUT2D eigenvalue weighted by atomic mass is 9.99. The van der Waals surface area contributed by atoms with Crippen LogP contribution in [-0.2, 0) is 6.54 Å². The number of para-hydroxylation sites is 1. The van der Waals surface area contributed by atoms with E-state index in [1.807, 2.05) is 24.3 Å². The highest BCUT2D eigenvalue weighted by atomic mass is 16.5. The summed E-state index contributed by atoms with van der Waals surface area (Å²) in [5.41, 5.74) is 2.05. The Labute approximate surface area is 117 Å². The van der Waals surface area contributed by atoms with Crippen molar-refractivity contribution in [3.05, 3.63) is 41.5 Å². The summed E-state index contributed by atoms with van der Waals surface area (Å²) in [5, 5.41) is 14.1. The molecule has 1 aromatic carbocycles. The predicted octanol–water partition coefficient (Wildman–Crippen LogP) is 2.39. The zero-order valence-electron chi connectivity index (χ0n) is 11.2. The molecule has 0 spiro atoms. The lowest BCUT2D eigenvalue weighted by molar-refractivity contribution is 0.163. The minimum Gasteiger partial charge on any atom is -0.388 e. The van der Waals surface area contributed by atoms with Gasteiger partial charge in [0.25, 0.3) is 0 Å². The fourth-order valence-corrected chi connectivity index (χ4v) is 2.78. The monoisotopic (exact) mass is 271 g/mol. The molecule has 20 heavy (non-hydrogen) atoms. The van der Waals surface area contributed by atoms with E-state index < -0.39 is 0 Å². The second-order valence-corrected chi connectivity index (χ2v) is 5.61. The largest absolute Gasteiger partial charge is 0.388 e. The molecule has 0 bridgehead atoms. The number of nitrogens with zero attached hydrogens (tertiary/aromatic N) is 3. The van der Waals surface area contributed by atoms with Gasteiger partial charge in [-0.25, -0.2) is 0 Å². The molecule has 2 aromatic rings. The molecule has 104 valence electrons. The van der Waals surface area contributed by atoms with E-state index in [1.165, 1.54) is 12.8 Å². The number of hydrogen-bond donors (Lipinski definition) is 1. The highest BCUT2D eigenvalue weighted by Gasteiger charge is 2.30. The zero-order chi connectivity index (χ0) is 13.5. The predicted molar refractivity (Wildman–Crippen MR) is 73.3 cm³/mol. The Morgan fingerprint density at radius 1 is 1.25 bits per heavy atom. The third-order valence-corrected chi connectivity index (χ3v) is 4.06. The summed E-state index contributed by atoms with van der Waals surface area (Å²) in [6, 6.07) is 7.97. The Bertz CT molecular complexity index is 621. The van der Waals surface area contributed by atoms with Crippen LogP contribution in [0.2, 0.25) is 0 Å². The van der Waals surface area contributed by atoms with Gasteiger partial charge < -0.3 is 14.5 Å². The second-order valence-electron chi connectivity index (χ2n) is 5.61. The molecule has 1 aliphatic heterocycles. The summed E-state index contributed by atoms with van der Waals surface area (Å²) in [4.78, 5) is 6.68. The average Bonchev–Trinajstić information content (AvgIpc) is 3.23. The first-order valence-electron chi connectivity index (χ1n) is 7.15. The van der Waals surface area contributed by atoms with Crippen molar-refractivity contribution in [2.24, 2.45) is 0 Å². The van der Waals surface area contributed by atoms with Crippen LogP contribution >= 0.6 is 0 Å². The third kappa shape index (κ3) is 2.08. The number of aliphatic hydroxyl groups is 1. The lowest BCUT2D eigenvalue weighted by Crippen LogP contribution is -2.30. The first kappa shape index (κ1) is 11.9. The van der Waals surface area contributed by atoms with E-state index in [2.05, 4.69) is 15.0 Å². The fourth-order valence-electron chi connectivity index (χ4n) is 2.78. The summed E-state index contributed by atoms with van der Waals surface area (Å²) in [7, 11) is 0. The van der Waals surface area contributed by atoms with E-state index in [0.717, 1.165) is 30.0 Å². The van der Waals surface area contributed by atoms with Crippen molar-refractivity contribution in [1.29, 1.82) is 0 Å². The molecule has 1 unspecified atom stereocenters. The number of anilines is 1. The highest BCUT2D eigenvalue weighted by molar-refractivity contribution is 5.56. The van der Waals surface area contributed by atoms with Crippen LogP contribution in [0.5, 0.6) is 0 Å². The summed E-state index contributed by atoms with van der Waals surface area (Å²) in [6.45, 7) is 1.42. The van der Waals surface area contributed by atoms with Gasteiger partial charge in [-0.05, 0) is 25.3 Å². The standard InChI is InChI=1S/C15H17N3O2/c19-13-7-8-18(12-4-2-1-3-11(12)13)9-14-16-15(17-20-14)10-5-6-10/h1-4,10,13,19H,5-9H2. The zero-order valence-corrected chi connectivity index (χ0v) is 11.2. The molecule has 2 heterocycles. The van der Waals surface area contributed by atoms with E-state index in [4.69, 9.17) is 4.52 Å². The minimum atomic E-state index is -0.368. The van der Waals surface area contributed by atoms with Crippen LogP contribution in [0.3, 0.4) is 0 Å². The van der Waals surface area contributed by atoms with E-state index in [9.17, 15) is 5.11 Å². The van der Waals surface area contributed by atoms with Gasteiger partial charge >= 0.3 is 0 Å². The van der Waals surface area contributed by atoms with Gasteiger partial charge in [-0.1, -0.05) is 23.4 Å². The molecule has 5 nitrogen and oxygen atoms in total. The van der Waals surface area contributed by atoms with E-state index in [-0.39, 0.29) is 6.10 Å². The maximum Gasteiger partial charge on any atom is 0.246 e. The van der Waals surface area contributed by atoms with E-state index >= 15 is 0 Å². The van der Waals surface area contributed by atoms with Crippen LogP contribution in [0.1, 0.15) is 48.6 Å². The van der Waals surface area contributed by atoms with Crippen molar-refractivity contribution in [1.82, 2.24) is 10.1 Å². The van der Waals surface area contributed by atoms with Gasteiger partial charge in [0.1, 0.15) is 0 Å². The summed E-state index contributed by atoms with van der Waals surface area (Å²) in [6.07, 6.45) is 2.72. The molecule has 0 saturated heterocycles. The third-order valence-electron chi connectivity index (χ3n) is 4.06. The van der Waals surface area contributed by atoms with Crippen molar-refractivity contribution in [3.63, 3.8) is 0 Å². The van der Waals surface area contributed by atoms with Crippen molar-refractivity contribution in [2.45, 2.75) is 37.8 Å². The topological polar surface area (TPSA) is 62.4 Å². The van der Waals surface area contributed by atoms with Gasteiger partial charge in [0, 0.05) is 23.7 Å². The van der Waals surface area contributed by atoms with Gasteiger partial charge in [0.05, 0.1) is 12.6 Å². The molecule has 1 N–H and O–H groups in total. The van der Waals surface area contributed by atoms with Gasteiger partial charge in [0.2, 0.25) is 5.89 Å². The Balaban J connectivity index is 1.57. The first-order valence-corrected chi connectivity index (χ1v) is 7.15. The van der Waals surface area contributed by atoms with Crippen LogP contribution < -0.4 is 4.90 Å².